The van der Waals surface area contributed by atoms with E-state index in [4.69, 9.17) is 16.3 Å². The van der Waals surface area contributed by atoms with Gasteiger partial charge in [0.1, 0.15) is 12.4 Å². The van der Waals surface area contributed by atoms with Gasteiger partial charge in [-0.25, -0.2) is 4.79 Å². The molecule has 0 radical (unpaired) electrons. The van der Waals surface area contributed by atoms with Crippen LogP contribution in [-0.2, 0) is 16.1 Å². The SMILES string of the molecule is COC(=O)c1ccc(CNC(=O)C(C)N(C)CCOc2ccccc2Cl)cc1. The van der Waals surface area contributed by atoms with Gasteiger partial charge in [0, 0.05) is 13.1 Å². The molecule has 150 valence electrons. The summed E-state index contributed by atoms with van der Waals surface area (Å²) in [6.07, 6.45) is 0. The molecule has 1 atom stereocenters. The summed E-state index contributed by atoms with van der Waals surface area (Å²) in [7, 11) is 3.21. The number of para-hydroxylation sites is 1. The zero-order valence-corrected chi connectivity index (χ0v) is 17.0. The van der Waals surface area contributed by atoms with Gasteiger partial charge in [-0.1, -0.05) is 35.9 Å². The fraction of sp³-hybridized carbons (Fsp3) is 0.333. The molecular weight excluding hydrogens is 380 g/mol. The molecule has 0 saturated heterocycles. The Kier molecular flexibility index (Phi) is 8.29. The van der Waals surface area contributed by atoms with Crippen LogP contribution in [0.4, 0.5) is 0 Å². The van der Waals surface area contributed by atoms with Gasteiger partial charge in [0.05, 0.1) is 23.7 Å². The van der Waals surface area contributed by atoms with E-state index in [9.17, 15) is 9.59 Å². The third kappa shape index (κ3) is 6.25. The lowest BCUT2D eigenvalue weighted by atomic mass is 10.1. The number of rotatable bonds is 9. The van der Waals surface area contributed by atoms with E-state index in [2.05, 4.69) is 10.1 Å². The average molecular weight is 405 g/mol. The van der Waals surface area contributed by atoms with Gasteiger partial charge in [0.25, 0.3) is 0 Å². The second-order valence-electron chi connectivity index (χ2n) is 6.34. The Hall–Kier alpha value is -2.57. The lowest BCUT2D eigenvalue weighted by Gasteiger charge is -2.24. The largest absolute Gasteiger partial charge is 0.491 e. The molecule has 0 spiro atoms. The highest BCUT2D eigenvalue weighted by molar-refractivity contribution is 6.32. The normalized spacial score (nSPS) is 11.8. The maximum Gasteiger partial charge on any atom is 0.337 e. The minimum atomic E-state index is -0.384. The van der Waals surface area contributed by atoms with Crippen LogP contribution in [-0.4, -0.2) is 50.1 Å². The first-order valence-corrected chi connectivity index (χ1v) is 9.32. The van der Waals surface area contributed by atoms with E-state index in [1.807, 2.05) is 37.1 Å². The van der Waals surface area contributed by atoms with Crippen LogP contribution in [0.2, 0.25) is 5.02 Å². The Morgan fingerprint density at radius 2 is 1.82 bits per heavy atom. The van der Waals surface area contributed by atoms with Crippen molar-refractivity contribution in [2.45, 2.75) is 19.5 Å². The minimum Gasteiger partial charge on any atom is -0.491 e. The Labute approximate surface area is 170 Å². The molecule has 2 aromatic carbocycles. The smallest absolute Gasteiger partial charge is 0.337 e. The van der Waals surface area contributed by atoms with Crippen molar-refractivity contribution < 1.29 is 19.1 Å². The number of ether oxygens (including phenoxy) is 2. The first-order valence-electron chi connectivity index (χ1n) is 8.95. The van der Waals surface area contributed by atoms with Gasteiger partial charge in [0.2, 0.25) is 5.91 Å². The minimum absolute atomic E-state index is 0.0858. The highest BCUT2D eigenvalue weighted by atomic mass is 35.5. The Morgan fingerprint density at radius 1 is 1.14 bits per heavy atom. The number of likely N-dealkylation sites (N-methyl/N-ethyl adjacent to an activating group) is 1. The lowest BCUT2D eigenvalue weighted by molar-refractivity contribution is -0.125. The van der Waals surface area contributed by atoms with Crippen molar-refractivity contribution in [3.8, 4) is 5.75 Å². The Bertz CT molecular complexity index is 795. The molecule has 1 amide bonds. The number of hydrogen-bond donors (Lipinski definition) is 1. The van der Waals surface area contributed by atoms with Gasteiger partial charge in [-0.05, 0) is 43.8 Å². The number of hydrogen-bond acceptors (Lipinski definition) is 5. The van der Waals surface area contributed by atoms with E-state index in [0.29, 0.717) is 36.0 Å². The maximum absolute atomic E-state index is 12.4. The zero-order valence-electron chi connectivity index (χ0n) is 16.3. The van der Waals surface area contributed by atoms with E-state index in [0.717, 1.165) is 5.56 Å². The molecule has 2 rings (SSSR count). The molecule has 1 unspecified atom stereocenters. The molecule has 0 heterocycles. The van der Waals surface area contributed by atoms with Crippen molar-refractivity contribution in [1.29, 1.82) is 0 Å². The standard InChI is InChI=1S/C21H25ClN2O4/c1-15(24(2)12-13-28-19-7-5-4-6-18(19)22)20(25)23-14-16-8-10-17(11-9-16)21(26)27-3/h4-11,15H,12-14H2,1-3H3,(H,23,25). The topological polar surface area (TPSA) is 67.9 Å². The Morgan fingerprint density at radius 3 is 2.46 bits per heavy atom. The third-order valence-corrected chi connectivity index (χ3v) is 4.73. The summed E-state index contributed by atoms with van der Waals surface area (Å²) in [6.45, 7) is 3.22. The highest BCUT2D eigenvalue weighted by Crippen LogP contribution is 2.22. The van der Waals surface area contributed by atoms with Crippen LogP contribution in [0.25, 0.3) is 0 Å². The summed E-state index contributed by atoms with van der Waals surface area (Å²) in [5, 5.41) is 3.46. The van der Waals surface area contributed by atoms with Gasteiger partial charge < -0.3 is 14.8 Å². The second kappa shape index (κ2) is 10.7. The third-order valence-electron chi connectivity index (χ3n) is 4.42. The molecule has 0 aliphatic heterocycles. The molecule has 0 aliphatic carbocycles. The molecule has 7 heteroatoms. The summed E-state index contributed by atoms with van der Waals surface area (Å²) in [4.78, 5) is 25.7. The molecule has 0 aliphatic rings. The summed E-state index contributed by atoms with van der Waals surface area (Å²) >= 11 is 6.06. The molecule has 0 aromatic heterocycles. The predicted octanol–water partition coefficient (Wildman–Crippen LogP) is 3.14. The number of benzene rings is 2. The fourth-order valence-electron chi connectivity index (χ4n) is 2.47. The van der Waals surface area contributed by atoms with Gasteiger partial charge in [-0.3, -0.25) is 9.69 Å². The van der Waals surface area contributed by atoms with Crippen LogP contribution in [0.1, 0.15) is 22.8 Å². The van der Waals surface area contributed by atoms with Crippen molar-refractivity contribution in [3.63, 3.8) is 0 Å². The van der Waals surface area contributed by atoms with Crippen LogP contribution >= 0.6 is 11.6 Å². The van der Waals surface area contributed by atoms with Crippen molar-refractivity contribution in [2.24, 2.45) is 0 Å². The molecule has 0 saturated carbocycles. The molecule has 0 fully saturated rings. The first kappa shape index (κ1) is 21.7. The zero-order chi connectivity index (χ0) is 20.5. The summed E-state index contributed by atoms with van der Waals surface area (Å²) in [5.41, 5.74) is 1.38. The highest BCUT2D eigenvalue weighted by Gasteiger charge is 2.17. The monoisotopic (exact) mass is 404 g/mol. The van der Waals surface area contributed by atoms with Crippen LogP contribution in [0, 0.1) is 0 Å². The maximum atomic E-state index is 12.4. The number of carbonyl (C=O) groups is 2. The fourth-order valence-corrected chi connectivity index (χ4v) is 2.66. The number of carbonyl (C=O) groups excluding carboxylic acids is 2. The van der Waals surface area contributed by atoms with Crippen LogP contribution in [0.3, 0.4) is 0 Å². The summed E-state index contributed by atoms with van der Waals surface area (Å²) in [6, 6.07) is 13.9. The summed E-state index contributed by atoms with van der Waals surface area (Å²) < 4.78 is 10.3. The number of halogens is 1. The van der Waals surface area contributed by atoms with E-state index in [-0.39, 0.29) is 17.9 Å². The molecule has 0 bridgehead atoms. The molecule has 6 nitrogen and oxygen atoms in total. The number of nitrogens with zero attached hydrogens (tertiary/aromatic N) is 1. The van der Waals surface area contributed by atoms with E-state index < -0.39 is 0 Å². The number of nitrogens with one attached hydrogen (secondary N) is 1. The van der Waals surface area contributed by atoms with Gasteiger partial charge >= 0.3 is 5.97 Å². The lowest BCUT2D eigenvalue weighted by Crippen LogP contribution is -2.44. The van der Waals surface area contributed by atoms with Gasteiger partial charge in [0.15, 0.2) is 0 Å². The predicted molar refractivity (Wildman–Crippen MR) is 109 cm³/mol. The number of methoxy groups -OCH3 is 1. The van der Waals surface area contributed by atoms with Crippen molar-refractivity contribution in [3.05, 3.63) is 64.7 Å². The molecular formula is C21H25ClN2O4. The van der Waals surface area contributed by atoms with E-state index in [1.165, 1.54) is 7.11 Å². The van der Waals surface area contributed by atoms with E-state index in [1.54, 1.807) is 30.3 Å². The van der Waals surface area contributed by atoms with Crippen molar-refractivity contribution in [1.82, 2.24) is 10.2 Å². The number of esters is 1. The van der Waals surface area contributed by atoms with Gasteiger partial charge in [-0.2, -0.15) is 0 Å². The molecule has 1 N–H and O–H groups in total. The van der Waals surface area contributed by atoms with Crippen molar-refractivity contribution in [2.75, 3.05) is 27.3 Å². The molecule has 2 aromatic rings. The average Bonchev–Trinajstić information content (AvgIpc) is 2.72. The van der Waals surface area contributed by atoms with Crippen LogP contribution < -0.4 is 10.1 Å². The van der Waals surface area contributed by atoms with Crippen LogP contribution in [0.5, 0.6) is 5.75 Å². The Balaban J connectivity index is 1.76. The first-order chi connectivity index (χ1) is 13.4. The quantitative estimate of drug-likeness (QED) is 0.650. The van der Waals surface area contributed by atoms with Crippen LogP contribution in [0.15, 0.2) is 48.5 Å². The number of amides is 1. The van der Waals surface area contributed by atoms with Gasteiger partial charge in [-0.15, -0.1) is 0 Å². The summed E-state index contributed by atoms with van der Waals surface area (Å²) in [5.74, 6) is 0.159. The molecule has 28 heavy (non-hydrogen) atoms. The van der Waals surface area contributed by atoms with E-state index >= 15 is 0 Å². The second-order valence-corrected chi connectivity index (χ2v) is 6.75. The van der Waals surface area contributed by atoms with Crippen molar-refractivity contribution >= 4 is 23.5 Å².